The topological polar surface area (TPSA) is 105 Å². The van der Waals surface area contributed by atoms with Crippen LogP contribution in [0.5, 0.6) is 0 Å². The number of hydrogen-bond donors (Lipinski definition) is 2. The number of aryl methyl sites for hydroxylation is 1. The number of nitrogens with one attached hydrogen (secondary N) is 2. The fourth-order valence-electron chi connectivity index (χ4n) is 3.09. The molecular formula is C22H23N3O5. The zero-order chi connectivity index (χ0) is 21.7. The number of imide groups is 1. The summed E-state index contributed by atoms with van der Waals surface area (Å²) in [5.74, 6) is -1.88. The summed E-state index contributed by atoms with van der Waals surface area (Å²) in [7, 11) is 0. The second-order valence-corrected chi connectivity index (χ2v) is 7.24. The number of urea groups is 1. The summed E-state index contributed by atoms with van der Waals surface area (Å²) in [6, 6.07) is 15.8. The predicted octanol–water partition coefficient (Wildman–Crippen LogP) is 1.62. The minimum Gasteiger partial charge on any atom is -0.454 e. The van der Waals surface area contributed by atoms with Gasteiger partial charge in [0.1, 0.15) is 12.1 Å². The Morgan fingerprint density at radius 3 is 2.40 bits per heavy atom. The molecule has 1 atom stereocenters. The summed E-state index contributed by atoms with van der Waals surface area (Å²) in [6.45, 7) is 2.74. The smallest absolute Gasteiger partial charge is 0.326 e. The Balaban J connectivity index is 1.52. The number of carbonyl (C=O) groups excluding carboxylic acids is 4. The lowest BCUT2D eigenvalue weighted by Gasteiger charge is -2.22. The summed E-state index contributed by atoms with van der Waals surface area (Å²) in [5.41, 5.74) is 1.28. The highest BCUT2D eigenvalue weighted by Gasteiger charge is 2.49. The van der Waals surface area contributed by atoms with E-state index in [9.17, 15) is 19.2 Å². The molecule has 2 N–H and O–H groups in total. The third-order valence-electron chi connectivity index (χ3n) is 4.89. The van der Waals surface area contributed by atoms with Crippen molar-refractivity contribution in [1.82, 2.24) is 15.5 Å². The van der Waals surface area contributed by atoms with Crippen molar-refractivity contribution in [2.24, 2.45) is 0 Å². The maximum atomic E-state index is 12.8. The van der Waals surface area contributed by atoms with Gasteiger partial charge in [0.05, 0.1) is 0 Å². The van der Waals surface area contributed by atoms with Crippen LogP contribution in [0.15, 0.2) is 54.6 Å². The molecule has 0 spiro atoms. The van der Waals surface area contributed by atoms with Gasteiger partial charge in [-0.15, -0.1) is 0 Å². The fourth-order valence-corrected chi connectivity index (χ4v) is 3.09. The van der Waals surface area contributed by atoms with E-state index in [-0.39, 0.29) is 0 Å². The van der Waals surface area contributed by atoms with Gasteiger partial charge in [0.15, 0.2) is 6.61 Å². The molecule has 1 heterocycles. The summed E-state index contributed by atoms with van der Waals surface area (Å²) >= 11 is 0. The van der Waals surface area contributed by atoms with Crippen LogP contribution in [0.2, 0.25) is 0 Å². The Kier molecular flexibility index (Phi) is 6.15. The highest BCUT2D eigenvalue weighted by atomic mass is 16.5. The fraction of sp³-hybridized carbons (Fsp3) is 0.273. The third kappa shape index (κ3) is 4.65. The molecule has 1 aliphatic rings. The molecule has 4 amide bonds. The van der Waals surface area contributed by atoms with E-state index in [4.69, 9.17) is 4.74 Å². The first kappa shape index (κ1) is 21.0. The minimum atomic E-state index is -1.27. The third-order valence-corrected chi connectivity index (χ3v) is 4.89. The molecule has 0 aliphatic carbocycles. The van der Waals surface area contributed by atoms with Gasteiger partial charge in [0.2, 0.25) is 0 Å². The number of amides is 4. The zero-order valence-electron chi connectivity index (χ0n) is 16.8. The van der Waals surface area contributed by atoms with Gasteiger partial charge in [-0.05, 0) is 25.0 Å². The number of ether oxygens (including phenoxy) is 1. The highest BCUT2D eigenvalue weighted by molar-refractivity contribution is 6.08. The van der Waals surface area contributed by atoms with Crippen molar-refractivity contribution in [3.63, 3.8) is 0 Å². The average molecular weight is 409 g/mol. The van der Waals surface area contributed by atoms with Gasteiger partial charge in [-0.3, -0.25) is 19.3 Å². The van der Waals surface area contributed by atoms with Gasteiger partial charge in [0, 0.05) is 6.54 Å². The van der Waals surface area contributed by atoms with E-state index < -0.39 is 42.5 Å². The summed E-state index contributed by atoms with van der Waals surface area (Å²) in [5, 5.41) is 5.25. The lowest BCUT2D eigenvalue weighted by Crippen LogP contribution is -2.42. The standard InChI is InChI=1S/C22H23N3O5/c1-15-8-10-17(11-9-15)22(2)20(28)25(21(29)24-22)13-19(27)30-14-18(26)23-12-16-6-4-3-5-7-16/h3-11H,12-14H2,1-2H3,(H,23,26)(H,24,29)/t22-/m0/s1. The van der Waals surface area contributed by atoms with E-state index >= 15 is 0 Å². The van der Waals surface area contributed by atoms with Crippen molar-refractivity contribution in [2.75, 3.05) is 13.2 Å². The highest BCUT2D eigenvalue weighted by Crippen LogP contribution is 2.28. The molecule has 1 saturated heterocycles. The molecule has 0 bridgehead atoms. The Labute approximate surface area is 174 Å². The summed E-state index contributed by atoms with van der Waals surface area (Å²) in [6.07, 6.45) is 0. The van der Waals surface area contributed by atoms with Crippen LogP contribution >= 0.6 is 0 Å². The maximum Gasteiger partial charge on any atom is 0.326 e. The molecule has 1 aliphatic heterocycles. The molecule has 8 heteroatoms. The van der Waals surface area contributed by atoms with Crippen LogP contribution in [0.25, 0.3) is 0 Å². The number of rotatable bonds is 7. The Bertz CT molecular complexity index is 958. The van der Waals surface area contributed by atoms with Crippen molar-refractivity contribution in [3.05, 3.63) is 71.3 Å². The average Bonchev–Trinajstić information content (AvgIpc) is 2.95. The number of esters is 1. The minimum absolute atomic E-state index is 0.305. The molecular weight excluding hydrogens is 386 g/mol. The quantitative estimate of drug-likeness (QED) is 0.534. The monoisotopic (exact) mass is 409 g/mol. The molecule has 0 radical (unpaired) electrons. The summed E-state index contributed by atoms with van der Waals surface area (Å²) < 4.78 is 4.92. The van der Waals surface area contributed by atoms with Crippen LogP contribution < -0.4 is 10.6 Å². The summed E-state index contributed by atoms with van der Waals surface area (Å²) in [4.78, 5) is 49.8. The van der Waals surface area contributed by atoms with Crippen molar-refractivity contribution >= 4 is 23.8 Å². The number of benzene rings is 2. The van der Waals surface area contributed by atoms with Crippen molar-refractivity contribution < 1.29 is 23.9 Å². The Hall–Kier alpha value is -3.68. The van der Waals surface area contributed by atoms with E-state index in [1.807, 2.05) is 49.4 Å². The van der Waals surface area contributed by atoms with Crippen LogP contribution in [-0.4, -0.2) is 41.9 Å². The van der Waals surface area contributed by atoms with Gasteiger partial charge >= 0.3 is 12.0 Å². The molecule has 156 valence electrons. The zero-order valence-corrected chi connectivity index (χ0v) is 16.8. The van der Waals surface area contributed by atoms with E-state index in [0.717, 1.165) is 16.0 Å². The van der Waals surface area contributed by atoms with E-state index in [1.165, 1.54) is 0 Å². The van der Waals surface area contributed by atoms with Gasteiger partial charge < -0.3 is 15.4 Å². The van der Waals surface area contributed by atoms with Gasteiger partial charge in [0.25, 0.3) is 11.8 Å². The molecule has 8 nitrogen and oxygen atoms in total. The first-order chi connectivity index (χ1) is 14.3. The molecule has 3 rings (SSSR count). The van der Waals surface area contributed by atoms with Gasteiger partial charge in [-0.2, -0.15) is 0 Å². The molecule has 0 aromatic heterocycles. The van der Waals surface area contributed by atoms with Crippen molar-refractivity contribution in [2.45, 2.75) is 25.9 Å². The first-order valence-electron chi connectivity index (χ1n) is 9.47. The van der Waals surface area contributed by atoms with Crippen LogP contribution in [0.1, 0.15) is 23.6 Å². The molecule has 0 saturated carbocycles. The molecule has 2 aromatic rings. The van der Waals surface area contributed by atoms with Crippen LogP contribution in [0.4, 0.5) is 4.79 Å². The van der Waals surface area contributed by atoms with E-state index in [0.29, 0.717) is 12.1 Å². The maximum absolute atomic E-state index is 12.8. The molecule has 2 aromatic carbocycles. The number of hydrogen-bond acceptors (Lipinski definition) is 5. The number of carbonyl (C=O) groups is 4. The van der Waals surface area contributed by atoms with Crippen LogP contribution in [0, 0.1) is 6.92 Å². The lowest BCUT2D eigenvalue weighted by molar-refractivity contribution is -0.151. The normalized spacial score (nSPS) is 18.1. The first-order valence-corrected chi connectivity index (χ1v) is 9.47. The largest absolute Gasteiger partial charge is 0.454 e. The van der Waals surface area contributed by atoms with Gasteiger partial charge in [-0.1, -0.05) is 60.2 Å². The molecule has 1 fully saturated rings. The van der Waals surface area contributed by atoms with Gasteiger partial charge in [-0.25, -0.2) is 4.79 Å². The predicted molar refractivity (Wildman–Crippen MR) is 108 cm³/mol. The lowest BCUT2D eigenvalue weighted by atomic mass is 9.91. The second kappa shape index (κ2) is 8.77. The number of nitrogens with zero attached hydrogens (tertiary/aromatic N) is 1. The Morgan fingerprint density at radius 2 is 1.73 bits per heavy atom. The van der Waals surface area contributed by atoms with E-state index in [1.54, 1.807) is 19.1 Å². The SMILES string of the molecule is Cc1ccc([C@]2(C)NC(=O)N(CC(=O)OCC(=O)NCc3ccccc3)C2=O)cc1. The molecule has 30 heavy (non-hydrogen) atoms. The van der Waals surface area contributed by atoms with E-state index in [2.05, 4.69) is 10.6 Å². The van der Waals surface area contributed by atoms with Crippen LogP contribution in [-0.2, 0) is 31.2 Å². The van der Waals surface area contributed by atoms with Crippen molar-refractivity contribution in [3.8, 4) is 0 Å². The molecule has 0 unspecified atom stereocenters. The second-order valence-electron chi connectivity index (χ2n) is 7.24. The van der Waals surface area contributed by atoms with Crippen LogP contribution in [0.3, 0.4) is 0 Å². The van der Waals surface area contributed by atoms with Crippen molar-refractivity contribution in [1.29, 1.82) is 0 Å². The Morgan fingerprint density at radius 1 is 1.07 bits per heavy atom.